The number of hydrogen-bond acceptors (Lipinski definition) is 10. The Morgan fingerprint density at radius 3 is 2.67 bits per heavy atom. The Bertz CT molecular complexity index is 1110. The van der Waals surface area contributed by atoms with Crippen LogP contribution in [0.25, 0.3) is 0 Å². The number of anilines is 1. The largest absolute Gasteiger partial charge is 0.467 e. The van der Waals surface area contributed by atoms with Gasteiger partial charge in [-0.25, -0.2) is 18.4 Å². The average molecular weight is 505 g/mol. The van der Waals surface area contributed by atoms with Crippen molar-refractivity contribution >= 4 is 39.2 Å². The molecule has 4 N–H and O–H groups in total. The molecule has 0 unspecified atom stereocenters. The van der Waals surface area contributed by atoms with Crippen molar-refractivity contribution in [2.24, 2.45) is 5.14 Å². The number of rotatable bonds is 12. The first-order valence-electron chi connectivity index (χ1n) is 9.37. The molecular formula is C18H21ClN4O9S. The SMILES string of the molecule is CC[C@H](CO[N+](=O)[O-])NC(=O)COC(=O)c1cc(S(N)(=O)=O)c(Cl)cc1NCc1ccco1. The summed E-state index contributed by atoms with van der Waals surface area (Å²) < 4.78 is 33.8. The van der Waals surface area contributed by atoms with Gasteiger partial charge < -0.3 is 24.6 Å². The molecule has 0 bridgehead atoms. The molecule has 180 valence electrons. The van der Waals surface area contributed by atoms with Gasteiger partial charge >= 0.3 is 5.97 Å². The van der Waals surface area contributed by atoms with Crippen molar-refractivity contribution in [2.75, 3.05) is 18.5 Å². The van der Waals surface area contributed by atoms with Crippen LogP contribution in [0.3, 0.4) is 0 Å². The predicted octanol–water partition coefficient (Wildman–Crippen LogP) is 1.45. The summed E-state index contributed by atoms with van der Waals surface area (Å²) >= 11 is 6.01. The fraction of sp³-hybridized carbons (Fsp3) is 0.333. The van der Waals surface area contributed by atoms with Gasteiger partial charge in [0.05, 0.1) is 35.1 Å². The van der Waals surface area contributed by atoms with Gasteiger partial charge in [0.2, 0.25) is 10.0 Å². The number of primary sulfonamides is 1. The van der Waals surface area contributed by atoms with Crippen LogP contribution in [0, 0.1) is 10.1 Å². The smallest absolute Gasteiger partial charge is 0.340 e. The monoisotopic (exact) mass is 504 g/mol. The van der Waals surface area contributed by atoms with E-state index in [1.807, 2.05) is 0 Å². The van der Waals surface area contributed by atoms with Crippen molar-refractivity contribution in [3.63, 3.8) is 0 Å². The normalized spacial score (nSPS) is 12.0. The molecule has 0 radical (unpaired) electrons. The molecule has 1 aromatic carbocycles. The molecule has 0 spiro atoms. The summed E-state index contributed by atoms with van der Waals surface area (Å²) in [6.45, 7) is 0.685. The molecule has 2 aromatic rings. The maximum Gasteiger partial charge on any atom is 0.340 e. The molecule has 0 fully saturated rings. The summed E-state index contributed by atoms with van der Waals surface area (Å²) in [7, 11) is -4.26. The lowest BCUT2D eigenvalue weighted by Gasteiger charge is -2.16. The van der Waals surface area contributed by atoms with Crippen LogP contribution >= 0.6 is 11.6 Å². The van der Waals surface area contributed by atoms with Crippen molar-refractivity contribution < 1.29 is 37.1 Å². The Morgan fingerprint density at radius 1 is 1.36 bits per heavy atom. The van der Waals surface area contributed by atoms with Crippen LogP contribution in [0.4, 0.5) is 5.69 Å². The maximum absolute atomic E-state index is 12.6. The number of hydrogen-bond donors (Lipinski definition) is 3. The number of nitrogens with one attached hydrogen (secondary N) is 2. The number of amides is 1. The molecule has 1 aromatic heterocycles. The van der Waals surface area contributed by atoms with Gasteiger partial charge in [0.1, 0.15) is 17.3 Å². The van der Waals surface area contributed by atoms with Gasteiger partial charge in [-0.05, 0) is 30.7 Å². The third-order valence-electron chi connectivity index (χ3n) is 4.21. The second kappa shape index (κ2) is 11.5. The van der Waals surface area contributed by atoms with E-state index in [1.54, 1.807) is 19.1 Å². The predicted molar refractivity (Wildman–Crippen MR) is 114 cm³/mol. The first kappa shape index (κ1) is 25.9. The average Bonchev–Trinajstić information content (AvgIpc) is 3.26. The molecule has 13 nitrogen and oxygen atoms in total. The van der Waals surface area contributed by atoms with E-state index < -0.39 is 44.5 Å². The molecule has 2 rings (SSSR count). The Hall–Kier alpha value is -3.36. The summed E-state index contributed by atoms with van der Waals surface area (Å²) in [5.74, 6) is -1.26. The van der Waals surface area contributed by atoms with Crippen LogP contribution in [0.5, 0.6) is 0 Å². The molecule has 33 heavy (non-hydrogen) atoms. The summed E-state index contributed by atoms with van der Waals surface area (Å²) in [6.07, 6.45) is 1.77. The molecule has 0 aliphatic heterocycles. The highest BCUT2D eigenvalue weighted by molar-refractivity contribution is 7.89. The zero-order chi connectivity index (χ0) is 24.6. The molecule has 1 atom stereocenters. The highest BCUT2D eigenvalue weighted by atomic mass is 35.5. The summed E-state index contributed by atoms with van der Waals surface area (Å²) in [4.78, 5) is 38.7. The Kier molecular flexibility index (Phi) is 9.02. The Balaban J connectivity index is 2.15. The highest BCUT2D eigenvalue weighted by Gasteiger charge is 2.23. The summed E-state index contributed by atoms with van der Waals surface area (Å²) in [6, 6.07) is 4.76. The second-order valence-corrected chi connectivity index (χ2v) is 8.51. The number of carbonyl (C=O) groups excluding carboxylic acids is 2. The molecule has 0 saturated heterocycles. The van der Waals surface area contributed by atoms with Crippen molar-refractivity contribution in [2.45, 2.75) is 30.8 Å². The van der Waals surface area contributed by atoms with Crippen LogP contribution in [0.2, 0.25) is 5.02 Å². The topological polar surface area (TPSA) is 193 Å². The number of halogens is 1. The third-order valence-corrected chi connectivity index (χ3v) is 5.58. The van der Waals surface area contributed by atoms with Crippen molar-refractivity contribution in [1.82, 2.24) is 5.32 Å². The number of nitrogens with two attached hydrogens (primary N) is 1. The van der Waals surface area contributed by atoms with E-state index in [9.17, 15) is 28.1 Å². The lowest BCUT2D eigenvalue weighted by molar-refractivity contribution is -0.758. The minimum absolute atomic E-state index is 0.111. The number of carbonyl (C=O) groups is 2. The van der Waals surface area contributed by atoms with Gasteiger partial charge in [-0.3, -0.25) is 4.79 Å². The van der Waals surface area contributed by atoms with E-state index in [0.29, 0.717) is 12.2 Å². The van der Waals surface area contributed by atoms with Crippen LogP contribution in [0.1, 0.15) is 29.5 Å². The van der Waals surface area contributed by atoms with E-state index in [1.165, 1.54) is 12.3 Å². The number of sulfonamides is 1. The minimum atomic E-state index is -4.26. The number of benzene rings is 1. The van der Waals surface area contributed by atoms with E-state index in [-0.39, 0.29) is 29.4 Å². The summed E-state index contributed by atoms with van der Waals surface area (Å²) in [5, 5.41) is 19.5. The van der Waals surface area contributed by atoms with E-state index in [2.05, 4.69) is 15.5 Å². The molecule has 1 heterocycles. The third kappa shape index (κ3) is 7.93. The molecule has 15 heteroatoms. The van der Waals surface area contributed by atoms with Crippen LogP contribution in [-0.2, 0) is 30.9 Å². The van der Waals surface area contributed by atoms with E-state index >= 15 is 0 Å². The van der Waals surface area contributed by atoms with Gasteiger partial charge in [-0.2, -0.15) is 0 Å². The van der Waals surface area contributed by atoms with Crippen LogP contribution in [-0.4, -0.2) is 44.6 Å². The maximum atomic E-state index is 12.6. The lowest BCUT2D eigenvalue weighted by atomic mass is 10.1. The Morgan fingerprint density at radius 2 is 2.09 bits per heavy atom. The van der Waals surface area contributed by atoms with Crippen LogP contribution in [0.15, 0.2) is 39.8 Å². The van der Waals surface area contributed by atoms with Crippen LogP contribution < -0.4 is 15.8 Å². The quantitative estimate of drug-likeness (QED) is 0.216. The molecule has 0 aliphatic carbocycles. The molecule has 1 amide bonds. The molecule has 0 saturated carbocycles. The van der Waals surface area contributed by atoms with Crippen molar-refractivity contribution in [1.29, 1.82) is 0 Å². The fourth-order valence-corrected chi connectivity index (χ4v) is 3.67. The fourth-order valence-electron chi connectivity index (χ4n) is 2.57. The first-order chi connectivity index (χ1) is 15.5. The van der Waals surface area contributed by atoms with Gasteiger partial charge in [0.15, 0.2) is 6.61 Å². The van der Waals surface area contributed by atoms with E-state index in [4.69, 9.17) is 25.9 Å². The molecule has 0 aliphatic rings. The van der Waals surface area contributed by atoms with Gasteiger partial charge in [0, 0.05) is 0 Å². The number of furan rings is 1. The van der Waals surface area contributed by atoms with Gasteiger partial charge in [0.25, 0.3) is 11.0 Å². The van der Waals surface area contributed by atoms with Crippen molar-refractivity contribution in [3.8, 4) is 0 Å². The second-order valence-electron chi connectivity index (χ2n) is 6.57. The number of esters is 1. The number of ether oxygens (including phenoxy) is 1. The van der Waals surface area contributed by atoms with E-state index in [0.717, 1.165) is 6.07 Å². The highest BCUT2D eigenvalue weighted by Crippen LogP contribution is 2.29. The zero-order valence-electron chi connectivity index (χ0n) is 17.3. The zero-order valence-corrected chi connectivity index (χ0v) is 18.8. The Labute approximate surface area is 193 Å². The summed E-state index contributed by atoms with van der Waals surface area (Å²) in [5.41, 5.74) is -0.133. The number of nitrogens with zero attached hydrogens (tertiary/aromatic N) is 1. The minimum Gasteiger partial charge on any atom is -0.467 e. The molecular weight excluding hydrogens is 484 g/mol. The first-order valence-corrected chi connectivity index (χ1v) is 11.3. The van der Waals surface area contributed by atoms with Gasteiger partial charge in [-0.15, -0.1) is 10.1 Å². The van der Waals surface area contributed by atoms with Crippen molar-refractivity contribution in [3.05, 3.63) is 57.0 Å². The standard InChI is InChI=1S/C18H21ClN4O9S/c1-2-11(9-32-23(26)27)22-17(24)10-31-18(25)13-6-16(33(20,28)29)14(19)7-15(13)21-8-12-4-3-5-30-12/h3-7,11,21H,2,8-10H2,1H3,(H,22,24)(H2,20,28,29)/t11-/m1/s1. The lowest BCUT2D eigenvalue weighted by Crippen LogP contribution is -2.40. The van der Waals surface area contributed by atoms with Gasteiger partial charge in [-0.1, -0.05) is 18.5 Å².